The molecule has 0 fully saturated rings. The second kappa shape index (κ2) is 6.84. The van der Waals surface area contributed by atoms with E-state index >= 15 is 0 Å². The molecule has 0 aliphatic heterocycles. The fourth-order valence-electron chi connectivity index (χ4n) is 1.12. The van der Waals surface area contributed by atoms with Gasteiger partial charge in [0.1, 0.15) is 0 Å². The van der Waals surface area contributed by atoms with E-state index in [0.717, 1.165) is 19.3 Å². The minimum Gasteiger partial charge on any atom is -0.389 e. The lowest BCUT2D eigenvalue weighted by Gasteiger charge is -2.14. The molecule has 0 aromatic carbocycles. The summed E-state index contributed by atoms with van der Waals surface area (Å²) in [6, 6.07) is 0. The van der Waals surface area contributed by atoms with Gasteiger partial charge in [0.25, 0.3) is 0 Å². The van der Waals surface area contributed by atoms with E-state index in [4.69, 9.17) is 0 Å². The molecule has 2 unspecified atom stereocenters. The maximum Gasteiger partial charge on any atom is 0.152 e. The average Bonchev–Trinajstić information content (AvgIpc) is 2.10. The summed E-state index contributed by atoms with van der Waals surface area (Å²) in [6.07, 6.45) is 5.84. The van der Waals surface area contributed by atoms with Gasteiger partial charge in [-0.2, -0.15) is 0 Å². The van der Waals surface area contributed by atoms with Crippen LogP contribution in [0.15, 0.2) is 12.2 Å². The number of carbonyl (C=O) groups is 1. The first-order valence-corrected chi connectivity index (χ1v) is 4.94. The van der Waals surface area contributed by atoms with Gasteiger partial charge >= 0.3 is 0 Å². The topological polar surface area (TPSA) is 37.3 Å². The van der Waals surface area contributed by atoms with Crippen molar-refractivity contribution in [2.45, 2.75) is 46.1 Å². The molecule has 0 aromatic heterocycles. The molecule has 0 spiro atoms. The molecule has 13 heavy (non-hydrogen) atoms. The van der Waals surface area contributed by atoms with Gasteiger partial charge in [0, 0.05) is 0 Å². The predicted octanol–water partition coefficient (Wildman–Crippen LogP) is 2.32. The van der Waals surface area contributed by atoms with Gasteiger partial charge in [-0.15, -0.1) is 0 Å². The highest BCUT2D eigenvalue weighted by molar-refractivity contribution is 5.87. The maximum atomic E-state index is 10.6. The lowest BCUT2D eigenvalue weighted by atomic mass is 9.98. The number of allylic oxidation sites excluding steroid dienone is 1. The van der Waals surface area contributed by atoms with Crippen LogP contribution in [0.1, 0.15) is 40.0 Å². The van der Waals surface area contributed by atoms with Gasteiger partial charge in [-0.05, 0) is 25.3 Å². The van der Waals surface area contributed by atoms with Crippen molar-refractivity contribution >= 4 is 5.78 Å². The Labute approximate surface area is 80.7 Å². The highest BCUT2D eigenvalue weighted by Gasteiger charge is 2.09. The summed E-state index contributed by atoms with van der Waals surface area (Å²) >= 11 is 0. The summed E-state index contributed by atoms with van der Waals surface area (Å²) in [5, 5.41) is 9.55. The van der Waals surface area contributed by atoms with Gasteiger partial charge in [-0.1, -0.05) is 32.8 Å². The molecule has 0 radical (unpaired) electrons. The van der Waals surface area contributed by atoms with E-state index in [-0.39, 0.29) is 11.7 Å². The summed E-state index contributed by atoms with van der Waals surface area (Å²) in [6.45, 7) is 5.62. The zero-order chi connectivity index (χ0) is 10.3. The molecule has 2 nitrogen and oxygen atoms in total. The van der Waals surface area contributed by atoms with Gasteiger partial charge in [0.15, 0.2) is 5.78 Å². The standard InChI is InChI=1S/C11H20O2/c1-4-5-6-9(2)11(13)8-7-10(3)12/h7-9,11,13H,4-6H2,1-3H3/b8-7+. The van der Waals surface area contributed by atoms with Crippen molar-refractivity contribution < 1.29 is 9.90 Å². The largest absolute Gasteiger partial charge is 0.389 e. The van der Waals surface area contributed by atoms with E-state index in [1.54, 1.807) is 6.08 Å². The zero-order valence-electron chi connectivity index (χ0n) is 8.79. The number of hydrogen-bond acceptors (Lipinski definition) is 2. The molecule has 0 heterocycles. The van der Waals surface area contributed by atoms with E-state index in [1.807, 2.05) is 6.92 Å². The number of hydrogen-bond donors (Lipinski definition) is 1. The molecule has 0 saturated carbocycles. The van der Waals surface area contributed by atoms with Crippen molar-refractivity contribution in [2.75, 3.05) is 0 Å². The molecule has 0 bridgehead atoms. The molecule has 1 N–H and O–H groups in total. The van der Waals surface area contributed by atoms with Crippen molar-refractivity contribution in [3.8, 4) is 0 Å². The number of carbonyl (C=O) groups excluding carboxylic acids is 1. The molecule has 2 atom stereocenters. The lowest BCUT2D eigenvalue weighted by molar-refractivity contribution is -0.112. The van der Waals surface area contributed by atoms with Crippen LogP contribution in [0.4, 0.5) is 0 Å². The normalized spacial score (nSPS) is 16.0. The lowest BCUT2D eigenvalue weighted by Crippen LogP contribution is -2.14. The third-order valence-electron chi connectivity index (χ3n) is 2.12. The third-order valence-corrected chi connectivity index (χ3v) is 2.12. The first kappa shape index (κ1) is 12.4. The second-order valence-electron chi connectivity index (χ2n) is 3.58. The van der Waals surface area contributed by atoms with Crippen LogP contribution >= 0.6 is 0 Å². The Balaban J connectivity index is 3.81. The van der Waals surface area contributed by atoms with E-state index in [1.165, 1.54) is 13.0 Å². The van der Waals surface area contributed by atoms with E-state index < -0.39 is 6.10 Å². The van der Waals surface area contributed by atoms with Gasteiger partial charge < -0.3 is 5.11 Å². The Kier molecular flexibility index (Phi) is 6.51. The molecular weight excluding hydrogens is 164 g/mol. The van der Waals surface area contributed by atoms with Crippen molar-refractivity contribution in [3.05, 3.63) is 12.2 Å². The van der Waals surface area contributed by atoms with Crippen LogP contribution in [0.2, 0.25) is 0 Å². The second-order valence-corrected chi connectivity index (χ2v) is 3.58. The number of aliphatic hydroxyl groups excluding tert-OH is 1. The highest BCUT2D eigenvalue weighted by atomic mass is 16.3. The summed E-state index contributed by atoms with van der Waals surface area (Å²) in [4.78, 5) is 10.6. The van der Waals surface area contributed by atoms with Crippen LogP contribution in [-0.2, 0) is 4.79 Å². The minimum atomic E-state index is -0.476. The summed E-state index contributed by atoms with van der Waals surface area (Å²) in [5.41, 5.74) is 0. The molecule has 2 heteroatoms. The molecule has 0 rings (SSSR count). The molecule has 76 valence electrons. The fourth-order valence-corrected chi connectivity index (χ4v) is 1.12. The van der Waals surface area contributed by atoms with Crippen LogP contribution in [0.25, 0.3) is 0 Å². The number of aliphatic hydroxyl groups is 1. The van der Waals surface area contributed by atoms with E-state index in [9.17, 15) is 9.90 Å². The Hall–Kier alpha value is -0.630. The SMILES string of the molecule is CCCCC(C)C(O)/C=C/C(C)=O. The Morgan fingerprint density at radius 2 is 2.15 bits per heavy atom. The van der Waals surface area contributed by atoms with Crippen molar-refractivity contribution in [1.29, 1.82) is 0 Å². The quantitative estimate of drug-likeness (QED) is 0.643. The smallest absolute Gasteiger partial charge is 0.152 e. The maximum absolute atomic E-state index is 10.6. The van der Waals surface area contributed by atoms with Gasteiger partial charge in [-0.25, -0.2) is 0 Å². The fraction of sp³-hybridized carbons (Fsp3) is 0.727. The van der Waals surface area contributed by atoms with Crippen LogP contribution in [-0.4, -0.2) is 17.0 Å². The third kappa shape index (κ3) is 6.52. The van der Waals surface area contributed by atoms with Crippen molar-refractivity contribution in [1.82, 2.24) is 0 Å². The monoisotopic (exact) mass is 184 g/mol. The Morgan fingerprint density at radius 3 is 2.62 bits per heavy atom. The minimum absolute atomic E-state index is 0.0123. The van der Waals surface area contributed by atoms with Crippen molar-refractivity contribution in [2.24, 2.45) is 5.92 Å². The number of rotatable bonds is 6. The molecule has 0 aromatic rings. The molecule has 0 saturated heterocycles. The highest BCUT2D eigenvalue weighted by Crippen LogP contribution is 2.12. The van der Waals surface area contributed by atoms with E-state index in [0.29, 0.717) is 0 Å². The molecule has 0 amide bonds. The Morgan fingerprint density at radius 1 is 1.54 bits per heavy atom. The van der Waals surface area contributed by atoms with Gasteiger partial charge in [0.2, 0.25) is 0 Å². The van der Waals surface area contributed by atoms with Gasteiger partial charge in [-0.3, -0.25) is 4.79 Å². The zero-order valence-corrected chi connectivity index (χ0v) is 8.79. The first-order chi connectivity index (χ1) is 6.07. The van der Waals surface area contributed by atoms with Crippen LogP contribution in [0.3, 0.4) is 0 Å². The van der Waals surface area contributed by atoms with Gasteiger partial charge in [0.05, 0.1) is 6.10 Å². The Bertz CT molecular complexity index is 173. The van der Waals surface area contributed by atoms with Crippen LogP contribution in [0.5, 0.6) is 0 Å². The molecular formula is C11H20O2. The summed E-state index contributed by atoms with van der Waals surface area (Å²) in [5.74, 6) is 0.234. The predicted molar refractivity (Wildman–Crippen MR) is 54.5 cm³/mol. The van der Waals surface area contributed by atoms with Crippen LogP contribution < -0.4 is 0 Å². The first-order valence-electron chi connectivity index (χ1n) is 4.94. The van der Waals surface area contributed by atoms with Crippen LogP contribution in [0, 0.1) is 5.92 Å². The van der Waals surface area contributed by atoms with Crippen molar-refractivity contribution in [3.63, 3.8) is 0 Å². The summed E-state index contributed by atoms with van der Waals surface area (Å²) < 4.78 is 0. The average molecular weight is 184 g/mol. The van der Waals surface area contributed by atoms with E-state index in [2.05, 4.69) is 6.92 Å². The number of unbranched alkanes of at least 4 members (excludes halogenated alkanes) is 1. The summed E-state index contributed by atoms with van der Waals surface area (Å²) in [7, 11) is 0. The molecule has 0 aliphatic carbocycles. The number of ketones is 1. The molecule has 0 aliphatic rings.